The molecule has 0 aliphatic carbocycles. The number of hydrogen-bond donors (Lipinski definition) is 2. The number of thiol groups is 1. The van der Waals surface area contributed by atoms with Gasteiger partial charge in [0.15, 0.2) is 0 Å². The third-order valence-corrected chi connectivity index (χ3v) is 7.59. The van der Waals surface area contributed by atoms with Crippen LogP contribution in [0.1, 0.15) is 23.9 Å². The molecular formula is C25H26N4O4S2. The van der Waals surface area contributed by atoms with E-state index in [-0.39, 0.29) is 16.2 Å². The molecule has 2 aromatic heterocycles. The van der Waals surface area contributed by atoms with Crippen LogP contribution in [0.2, 0.25) is 0 Å². The van der Waals surface area contributed by atoms with Crippen LogP contribution in [0.25, 0.3) is 22.5 Å². The highest BCUT2D eigenvalue weighted by Crippen LogP contribution is 2.35. The van der Waals surface area contributed by atoms with Crippen LogP contribution in [0.4, 0.5) is 0 Å². The molecule has 2 aromatic carbocycles. The zero-order valence-corrected chi connectivity index (χ0v) is 21.1. The van der Waals surface area contributed by atoms with Gasteiger partial charge < -0.3 is 14.5 Å². The number of imidazole rings is 1. The maximum absolute atomic E-state index is 12.5. The second-order valence-corrected chi connectivity index (χ2v) is 10.4. The first-order chi connectivity index (χ1) is 16.9. The van der Waals surface area contributed by atoms with E-state index in [1.54, 1.807) is 20.3 Å². The number of sulfone groups is 1. The summed E-state index contributed by atoms with van der Waals surface area (Å²) in [4.78, 5) is 16.0. The Morgan fingerprint density at radius 2 is 1.49 bits per heavy atom. The molecule has 0 saturated heterocycles. The van der Waals surface area contributed by atoms with Gasteiger partial charge in [-0.05, 0) is 67.4 Å². The van der Waals surface area contributed by atoms with Gasteiger partial charge in [-0.15, -0.1) is 0 Å². The Morgan fingerprint density at radius 1 is 0.914 bits per heavy atom. The summed E-state index contributed by atoms with van der Waals surface area (Å²) in [5, 5.41) is -0.441. The summed E-state index contributed by atoms with van der Waals surface area (Å²) >= 11 is 4.73. The Bertz CT molecular complexity index is 1290. The van der Waals surface area contributed by atoms with Crippen molar-refractivity contribution in [3.8, 4) is 34.0 Å². The fraction of sp³-hybridized carbons (Fsp3) is 0.240. The number of hydrogen-bond acceptors (Lipinski definition) is 8. The maximum Gasteiger partial charge on any atom is 0.246 e. The minimum absolute atomic E-state index is 0.0640. The van der Waals surface area contributed by atoms with Crippen molar-refractivity contribution in [2.75, 3.05) is 20.0 Å². The smallest absolute Gasteiger partial charge is 0.246 e. The highest BCUT2D eigenvalue weighted by atomic mass is 32.2. The van der Waals surface area contributed by atoms with E-state index >= 15 is 0 Å². The van der Waals surface area contributed by atoms with E-state index in [0.717, 1.165) is 34.0 Å². The van der Waals surface area contributed by atoms with Crippen LogP contribution in [-0.4, -0.2) is 48.3 Å². The topological polar surface area (TPSA) is 107 Å². The second-order valence-electron chi connectivity index (χ2n) is 7.81. The number of benzene rings is 2. The zero-order valence-electron chi connectivity index (χ0n) is 19.4. The Morgan fingerprint density at radius 3 is 2.06 bits per heavy atom. The molecule has 8 nitrogen and oxygen atoms in total. The summed E-state index contributed by atoms with van der Waals surface area (Å²) in [6.45, 7) is 0. The molecule has 0 aliphatic rings. The van der Waals surface area contributed by atoms with Crippen LogP contribution in [0.5, 0.6) is 11.5 Å². The number of rotatable bonds is 10. The molecule has 35 heavy (non-hydrogen) atoms. The molecule has 0 spiro atoms. The third kappa shape index (κ3) is 5.83. The lowest BCUT2D eigenvalue weighted by Gasteiger charge is -2.08. The van der Waals surface area contributed by atoms with Gasteiger partial charge >= 0.3 is 0 Å². The van der Waals surface area contributed by atoms with Crippen LogP contribution < -0.4 is 9.47 Å². The van der Waals surface area contributed by atoms with Crippen molar-refractivity contribution < 1.29 is 17.9 Å². The van der Waals surface area contributed by atoms with Crippen LogP contribution in [-0.2, 0) is 9.84 Å². The van der Waals surface area contributed by atoms with Crippen molar-refractivity contribution in [3.05, 3.63) is 72.8 Å². The van der Waals surface area contributed by atoms with Gasteiger partial charge in [-0.3, -0.25) is 0 Å². The molecule has 10 heteroatoms. The average Bonchev–Trinajstić information content (AvgIpc) is 3.35. The molecule has 0 fully saturated rings. The number of nitrogens with one attached hydrogen (secondary N) is 1. The summed E-state index contributed by atoms with van der Waals surface area (Å²) in [6.07, 6.45) is 3.75. The predicted octanol–water partition coefficient (Wildman–Crippen LogP) is 4.78. The fourth-order valence-electron chi connectivity index (χ4n) is 3.61. The molecule has 182 valence electrons. The van der Waals surface area contributed by atoms with Crippen molar-refractivity contribution in [1.29, 1.82) is 0 Å². The molecule has 1 N–H and O–H groups in total. The largest absolute Gasteiger partial charge is 0.497 e. The maximum atomic E-state index is 12.5. The van der Waals surface area contributed by atoms with E-state index in [9.17, 15) is 8.42 Å². The average molecular weight is 511 g/mol. The lowest BCUT2D eigenvalue weighted by atomic mass is 10.0. The van der Waals surface area contributed by atoms with Crippen molar-refractivity contribution >= 4 is 22.5 Å². The van der Waals surface area contributed by atoms with Gasteiger partial charge in [0.25, 0.3) is 0 Å². The van der Waals surface area contributed by atoms with Gasteiger partial charge in [0.05, 0.1) is 36.6 Å². The Kier molecular flexibility index (Phi) is 7.72. The number of aromatic amines is 1. The lowest BCUT2D eigenvalue weighted by molar-refractivity contribution is 0.414. The highest BCUT2D eigenvalue weighted by molar-refractivity contribution is 7.91. The quantitative estimate of drug-likeness (QED) is 0.234. The summed E-state index contributed by atoms with van der Waals surface area (Å²) in [5.41, 5.74) is 3.48. The Labute approximate surface area is 210 Å². The molecule has 1 unspecified atom stereocenters. The van der Waals surface area contributed by atoms with Crippen LogP contribution in [0.15, 0.2) is 72.1 Å². The Hall–Kier alpha value is -3.37. The number of aromatic nitrogens is 4. The summed E-state index contributed by atoms with van der Waals surface area (Å²) in [6, 6.07) is 17.0. The highest BCUT2D eigenvalue weighted by Gasteiger charge is 2.21. The van der Waals surface area contributed by atoms with Gasteiger partial charge in [-0.25, -0.2) is 23.4 Å². The summed E-state index contributed by atoms with van der Waals surface area (Å²) < 4.78 is 35.5. The van der Waals surface area contributed by atoms with Crippen LogP contribution >= 0.6 is 12.6 Å². The molecule has 2 heterocycles. The SMILES string of the molecule is COc1ccc(-c2nc(C(S)CCCS(=O)(=O)c3ncccn3)[nH]c2-c2ccc(OC)cc2)cc1. The van der Waals surface area contributed by atoms with E-state index in [2.05, 4.69) is 15.0 Å². The van der Waals surface area contributed by atoms with Crippen molar-refractivity contribution in [3.63, 3.8) is 0 Å². The standard InChI is InChI=1S/C25H26N4O4S2/c1-32-19-10-6-17(7-11-19)22-23(18-8-12-20(33-2)13-9-18)29-24(28-22)21(34)5-3-16-35(30,31)25-26-14-4-15-27-25/h4,6-15,21,34H,3,5,16H2,1-2H3,(H,28,29). The first kappa shape index (κ1) is 24.7. The molecule has 0 aliphatic heterocycles. The van der Waals surface area contributed by atoms with Gasteiger partial charge in [0.1, 0.15) is 17.3 Å². The van der Waals surface area contributed by atoms with Gasteiger partial charge in [0.2, 0.25) is 15.0 Å². The molecule has 1 atom stereocenters. The van der Waals surface area contributed by atoms with Crippen LogP contribution in [0.3, 0.4) is 0 Å². The monoisotopic (exact) mass is 510 g/mol. The number of nitrogens with zero attached hydrogens (tertiary/aromatic N) is 3. The number of H-pyrrole nitrogens is 1. The minimum Gasteiger partial charge on any atom is -0.497 e. The molecular weight excluding hydrogens is 484 g/mol. The van der Waals surface area contributed by atoms with E-state index in [1.807, 2.05) is 48.5 Å². The molecule has 0 bridgehead atoms. The lowest BCUT2D eigenvalue weighted by Crippen LogP contribution is -2.11. The number of ether oxygens (including phenoxy) is 2. The number of methoxy groups -OCH3 is 2. The molecule has 0 amide bonds. The molecule has 4 aromatic rings. The summed E-state index contributed by atoms with van der Waals surface area (Å²) in [5.74, 6) is 2.12. The normalized spacial score (nSPS) is 12.3. The third-order valence-electron chi connectivity index (χ3n) is 5.49. The molecule has 0 radical (unpaired) electrons. The van der Waals surface area contributed by atoms with Crippen molar-refractivity contribution in [2.24, 2.45) is 0 Å². The van der Waals surface area contributed by atoms with E-state index in [1.165, 1.54) is 12.4 Å². The first-order valence-electron chi connectivity index (χ1n) is 11.0. The van der Waals surface area contributed by atoms with Gasteiger partial charge in [-0.2, -0.15) is 12.6 Å². The second kappa shape index (κ2) is 10.9. The Balaban J connectivity index is 1.57. The van der Waals surface area contributed by atoms with E-state index in [4.69, 9.17) is 27.1 Å². The zero-order chi connectivity index (χ0) is 24.8. The van der Waals surface area contributed by atoms with E-state index < -0.39 is 9.84 Å². The van der Waals surface area contributed by atoms with E-state index in [0.29, 0.717) is 18.7 Å². The van der Waals surface area contributed by atoms with Gasteiger partial charge in [-0.1, -0.05) is 0 Å². The fourth-order valence-corrected chi connectivity index (χ4v) is 5.09. The van der Waals surface area contributed by atoms with Crippen LogP contribution in [0, 0.1) is 0 Å². The van der Waals surface area contributed by atoms with Crippen molar-refractivity contribution in [1.82, 2.24) is 19.9 Å². The van der Waals surface area contributed by atoms with Crippen molar-refractivity contribution in [2.45, 2.75) is 23.2 Å². The predicted molar refractivity (Wildman–Crippen MR) is 138 cm³/mol. The van der Waals surface area contributed by atoms with Gasteiger partial charge in [0, 0.05) is 23.5 Å². The molecule has 4 rings (SSSR count). The summed E-state index contributed by atoms with van der Waals surface area (Å²) in [7, 11) is -0.299. The first-order valence-corrected chi connectivity index (χ1v) is 13.1. The minimum atomic E-state index is -3.55. The molecule has 0 saturated carbocycles.